The van der Waals surface area contributed by atoms with Crippen molar-refractivity contribution in [3.63, 3.8) is 0 Å². The molecule has 0 aliphatic rings. The van der Waals surface area contributed by atoms with E-state index in [1.54, 1.807) is 6.20 Å². The number of nitrogens with two attached hydrogens (primary N) is 1. The highest BCUT2D eigenvalue weighted by Crippen LogP contribution is 2.21. The fourth-order valence-corrected chi connectivity index (χ4v) is 2.46. The minimum absolute atomic E-state index is 0.0234. The van der Waals surface area contributed by atoms with Crippen molar-refractivity contribution in [1.29, 1.82) is 0 Å². The SMILES string of the molecule is CC(NC(=O)CNC(=O)[C@@H](N)C(C)C)c1ccc(-c2cccnc2)cc1. The van der Waals surface area contributed by atoms with Crippen molar-refractivity contribution < 1.29 is 9.59 Å². The van der Waals surface area contributed by atoms with Crippen LogP contribution in [-0.4, -0.2) is 29.4 Å². The van der Waals surface area contributed by atoms with Crippen LogP contribution in [0.15, 0.2) is 48.8 Å². The molecule has 1 aromatic carbocycles. The molecule has 138 valence electrons. The van der Waals surface area contributed by atoms with Gasteiger partial charge in [-0.15, -0.1) is 0 Å². The monoisotopic (exact) mass is 354 g/mol. The van der Waals surface area contributed by atoms with E-state index in [1.165, 1.54) is 0 Å². The predicted molar refractivity (Wildman–Crippen MR) is 102 cm³/mol. The lowest BCUT2D eigenvalue weighted by Gasteiger charge is -2.17. The smallest absolute Gasteiger partial charge is 0.239 e. The summed E-state index contributed by atoms with van der Waals surface area (Å²) >= 11 is 0. The fourth-order valence-electron chi connectivity index (χ4n) is 2.46. The van der Waals surface area contributed by atoms with Crippen LogP contribution in [0.1, 0.15) is 32.4 Å². The molecular formula is C20H26N4O2. The first-order valence-corrected chi connectivity index (χ1v) is 8.71. The van der Waals surface area contributed by atoms with E-state index >= 15 is 0 Å². The van der Waals surface area contributed by atoms with E-state index < -0.39 is 6.04 Å². The summed E-state index contributed by atoms with van der Waals surface area (Å²) in [6.07, 6.45) is 3.55. The van der Waals surface area contributed by atoms with Gasteiger partial charge in [0.15, 0.2) is 0 Å². The third kappa shape index (κ3) is 5.39. The van der Waals surface area contributed by atoms with Crippen molar-refractivity contribution in [3.8, 4) is 11.1 Å². The highest BCUT2D eigenvalue weighted by atomic mass is 16.2. The largest absolute Gasteiger partial charge is 0.348 e. The number of nitrogens with one attached hydrogen (secondary N) is 2. The molecule has 2 rings (SSSR count). The highest BCUT2D eigenvalue weighted by Gasteiger charge is 2.18. The van der Waals surface area contributed by atoms with Gasteiger partial charge in [-0.3, -0.25) is 14.6 Å². The fraction of sp³-hybridized carbons (Fsp3) is 0.350. The molecule has 4 N–H and O–H groups in total. The maximum Gasteiger partial charge on any atom is 0.239 e. The normalized spacial score (nSPS) is 13.1. The van der Waals surface area contributed by atoms with Crippen LogP contribution >= 0.6 is 0 Å². The average Bonchev–Trinajstić information content (AvgIpc) is 2.66. The van der Waals surface area contributed by atoms with E-state index in [0.29, 0.717) is 0 Å². The number of carbonyl (C=O) groups excluding carboxylic acids is 2. The molecule has 0 saturated carbocycles. The Morgan fingerprint density at radius 3 is 2.35 bits per heavy atom. The summed E-state index contributed by atoms with van der Waals surface area (Å²) in [5.74, 6) is -0.544. The topological polar surface area (TPSA) is 97.1 Å². The minimum atomic E-state index is -0.611. The van der Waals surface area contributed by atoms with Gasteiger partial charge in [-0.1, -0.05) is 44.2 Å². The Labute approximate surface area is 154 Å². The lowest BCUT2D eigenvalue weighted by Crippen LogP contribution is -2.47. The summed E-state index contributed by atoms with van der Waals surface area (Å²) in [6, 6.07) is 11.1. The van der Waals surface area contributed by atoms with Crippen LogP contribution in [0, 0.1) is 5.92 Å². The summed E-state index contributed by atoms with van der Waals surface area (Å²) in [5, 5.41) is 5.44. The molecular weight excluding hydrogens is 328 g/mol. The molecule has 2 aromatic rings. The van der Waals surface area contributed by atoms with Gasteiger partial charge in [-0.25, -0.2) is 0 Å². The van der Waals surface area contributed by atoms with Crippen molar-refractivity contribution in [2.24, 2.45) is 11.7 Å². The molecule has 0 aliphatic heterocycles. The molecule has 6 nitrogen and oxygen atoms in total. The summed E-state index contributed by atoms with van der Waals surface area (Å²) in [4.78, 5) is 27.9. The van der Waals surface area contributed by atoms with Crippen LogP contribution in [-0.2, 0) is 9.59 Å². The van der Waals surface area contributed by atoms with Crippen LogP contribution in [0.2, 0.25) is 0 Å². The maximum absolute atomic E-state index is 12.0. The van der Waals surface area contributed by atoms with E-state index in [9.17, 15) is 9.59 Å². The average molecular weight is 354 g/mol. The van der Waals surface area contributed by atoms with Crippen LogP contribution in [0.25, 0.3) is 11.1 Å². The van der Waals surface area contributed by atoms with E-state index in [2.05, 4.69) is 15.6 Å². The van der Waals surface area contributed by atoms with Gasteiger partial charge < -0.3 is 16.4 Å². The molecule has 1 heterocycles. The van der Waals surface area contributed by atoms with Gasteiger partial charge in [0.25, 0.3) is 0 Å². The summed E-state index contributed by atoms with van der Waals surface area (Å²) in [6.45, 7) is 5.54. The zero-order valence-electron chi connectivity index (χ0n) is 15.4. The van der Waals surface area contributed by atoms with Gasteiger partial charge in [-0.05, 0) is 35.6 Å². The molecule has 0 bridgehead atoms. The first-order valence-electron chi connectivity index (χ1n) is 8.71. The van der Waals surface area contributed by atoms with Crippen molar-refractivity contribution >= 4 is 11.8 Å². The van der Waals surface area contributed by atoms with Gasteiger partial charge in [0.1, 0.15) is 0 Å². The Morgan fingerprint density at radius 1 is 1.08 bits per heavy atom. The van der Waals surface area contributed by atoms with Crippen molar-refractivity contribution in [2.75, 3.05) is 6.54 Å². The number of hydrogen-bond acceptors (Lipinski definition) is 4. The van der Waals surface area contributed by atoms with Crippen LogP contribution in [0.4, 0.5) is 0 Å². The second-order valence-corrected chi connectivity index (χ2v) is 6.64. The molecule has 1 aromatic heterocycles. The van der Waals surface area contributed by atoms with Crippen molar-refractivity contribution in [1.82, 2.24) is 15.6 Å². The Balaban J connectivity index is 1.88. The lowest BCUT2D eigenvalue weighted by molar-refractivity contribution is -0.127. The van der Waals surface area contributed by atoms with Gasteiger partial charge in [0.2, 0.25) is 11.8 Å². The Kier molecular flexibility index (Phi) is 6.86. The van der Waals surface area contributed by atoms with Crippen LogP contribution in [0.3, 0.4) is 0 Å². The Hall–Kier alpha value is -2.73. The number of rotatable bonds is 7. The lowest BCUT2D eigenvalue weighted by atomic mass is 10.0. The van der Waals surface area contributed by atoms with Crippen molar-refractivity contribution in [3.05, 3.63) is 54.4 Å². The number of benzene rings is 1. The van der Waals surface area contributed by atoms with E-state index in [1.807, 2.05) is 63.4 Å². The second-order valence-electron chi connectivity index (χ2n) is 6.64. The number of pyridine rings is 1. The van der Waals surface area contributed by atoms with Crippen LogP contribution in [0.5, 0.6) is 0 Å². The quantitative estimate of drug-likeness (QED) is 0.709. The number of aromatic nitrogens is 1. The number of carbonyl (C=O) groups is 2. The standard InChI is InChI=1S/C20H26N4O2/c1-13(2)19(21)20(26)23-12-18(25)24-14(3)15-6-8-16(9-7-15)17-5-4-10-22-11-17/h4-11,13-14,19H,12,21H2,1-3H3,(H,23,26)(H,24,25)/t14?,19-/m0/s1. The third-order valence-electron chi connectivity index (χ3n) is 4.23. The second kappa shape index (κ2) is 9.10. The molecule has 0 aliphatic carbocycles. The highest BCUT2D eigenvalue weighted by molar-refractivity contribution is 5.87. The molecule has 0 spiro atoms. The van der Waals surface area contributed by atoms with Gasteiger partial charge in [-0.2, -0.15) is 0 Å². The van der Waals surface area contributed by atoms with Crippen LogP contribution < -0.4 is 16.4 Å². The Bertz CT molecular complexity index is 729. The zero-order chi connectivity index (χ0) is 19.1. The molecule has 0 fully saturated rings. The number of amides is 2. The van der Waals surface area contributed by atoms with Gasteiger partial charge >= 0.3 is 0 Å². The van der Waals surface area contributed by atoms with E-state index in [-0.39, 0.29) is 30.3 Å². The first kappa shape index (κ1) is 19.6. The number of nitrogens with zero attached hydrogens (tertiary/aromatic N) is 1. The number of hydrogen-bond donors (Lipinski definition) is 3. The first-order chi connectivity index (χ1) is 12.4. The zero-order valence-corrected chi connectivity index (χ0v) is 15.4. The molecule has 2 amide bonds. The third-order valence-corrected chi connectivity index (χ3v) is 4.23. The predicted octanol–water partition coefficient (Wildman–Crippen LogP) is 2.03. The van der Waals surface area contributed by atoms with Crippen molar-refractivity contribution in [2.45, 2.75) is 32.9 Å². The molecule has 1 unspecified atom stereocenters. The summed E-state index contributed by atoms with van der Waals surface area (Å²) in [7, 11) is 0. The van der Waals surface area contributed by atoms with E-state index in [4.69, 9.17) is 5.73 Å². The van der Waals surface area contributed by atoms with Gasteiger partial charge in [0, 0.05) is 12.4 Å². The summed E-state index contributed by atoms with van der Waals surface area (Å²) < 4.78 is 0. The Morgan fingerprint density at radius 2 is 1.77 bits per heavy atom. The summed E-state index contributed by atoms with van der Waals surface area (Å²) in [5.41, 5.74) is 8.84. The molecule has 6 heteroatoms. The molecule has 2 atom stereocenters. The maximum atomic E-state index is 12.0. The molecule has 0 saturated heterocycles. The molecule has 0 radical (unpaired) electrons. The minimum Gasteiger partial charge on any atom is -0.348 e. The van der Waals surface area contributed by atoms with Gasteiger partial charge in [0.05, 0.1) is 18.6 Å². The molecule has 26 heavy (non-hydrogen) atoms. The van der Waals surface area contributed by atoms with E-state index in [0.717, 1.165) is 16.7 Å².